The van der Waals surface area contributed by atoms with Gasteiger partial charge in [0, 0.05) is 10.0 Å². The van der Waals surface area contributed by atoms with Gasteiger partial charge in [0.25, 0.3) is 0 Å². The fourth-order valence-electron chi connectivity index (χ4n) is 5.39. The highest BCUT2D eigenvalue weighted by Gasteiger charge is 2.46. The third-order valence-electron chi connectivity index (χ3n) is 6.69. The smallest absolute Gasteiger partial charge is 0.0843 e. The van der Waals surface area contributed by atoms with Crippen LogP contribution in [0, 0.1) is 0 Å². The van der Waals surface area contributed by atoms with Crippen molar-refractivity contribution >= 4 is 52.0 Å². The van der Waals surface area contributed by atoms with Crippen LogP contribution in [0.2, 0.25) is 10.0 Å². The van der Waals surface area contributed by atoms with Crippen molar-refractivity contribution < 1.29 is 0 Å². The lowest BCUT2D eigenvalue weighted by atomic mass is 9.95. The first-order chi connectivity index (χ1) is 16.2. The number of benzene rings is 5. The van der Waals surface area contributed by atoms with Crippen LogP contribution in [-0.2, 0) is 0 Å². The Kier molecular flexibility index (Phi) is 4.99. The van der Waals surface area contributed by atoms with Crippen molar-refractivity contribution in [1.82, 2.24) is 0 Å². The Morgan fingerprint density at radius 2 is 0.788 bits per heavy atom. The molecule has 3 heteroatoms. The molecule has 5 aromatic carbocycles. The van der Waals surface area contributed by atoms with Crippen molar-refractivity contribution in [3.05, 3.63) is 131 Å². The van der Waals surface area contributed by atoms with Gasteiger partial charge in [-0.2, -0.15) is 0 Å². The summed E-state index contributed by atoms with van der Waals surface area (Å²) in [4.78, 5) is 0. The largest absolute Gasteiger partial charge is 0.180 e. The summed E-state index contributed by atoms with van der Waals surface area (Å²) in [5.74, 6) is 0. The lowest BCUT2D eigenvalue weighted by Crippen LogP contribution is -2.75. The molecule has 0 nitrogen and oxygen atoms in total. The molecule has 1 heterocycles. The van der Waals surface area contributed by atoms with Gasteiger partial charge in [-0.1, -0.05) is 120 Å². The summed E-state index contributed by atoms with van der Waals surface area (Å²) >= 11 is 13.4. The summed E-state index contributed by atoms with van der Waals surface area (Å²) in [6.45, 7) is 0. The van der Waals surface area contributed by atoms with Crippen molar-refractivity contribution in [3.63, 3.8) is 0 Å². The predicted octanol–water partition coefficient (Wildman–Crippen LogP) is 6.02. The standard InChI is InChI=1S/C30H20Cl2Si/c31-21-15-17-27-25-13-7-8-14-26(25)28-18-16-22(32)20-30(28)33(29(27)19-21,23-9-3-1-4-10-23)24-11-5-2-6-12-24/h1-20H. The Morgan fingerprint density at radius 1 is 0.394 bits per heavy atom. The number of hydrogen-bond donors (Lipinski definition) is 0. The minimum atomic E-state index is -2.76. The third kappa shape index (κ3) is 3.12. The van der Waals surface area contributed by atoms with Crippen LogP contribution in [0.1, 0.15) is 0 Å². The molecule has 0 spiro atoms. The van der Waals surface area contributed by atoms with E-state index >= 15 is 0 Å². The molecular formula is C30H20Cl2Si. The van der Waals surface area contributed by atoms with Gasteiger partial charge in [0.1, 0.15) is 0 Å². The van der Waals surface area contributed by atoms with Gasteiger partial charge in [0.05, 0.1) is 0 Å². The summed E-state index contributed by atoms with van der Waals surface area (Å²) in [6.07, 6.45) is 0. The number of rotatable bonds is 2. The Labute approximate surface area is 205 Å². The van der Waals surface area contributed by atoms with E-state index < -0.39 is 8.07 Å². The lowest BCUT2D eigenvalue weighted by molar-refractivity contribution is 1.62. The first-order valence-corrected chi connectivity index (χ1v) is 13.8. The Balaban J connectivity index is 1.91. The van der Waals surface area contributed by atoms with Crippen LogP contribution in [0.5, 0.6) is 0 Å². The molecule has 6 rings (SSSR count). The maximum Gasteiger partial charge on any atom is 0.180 e. The fraction of sp³-hybridized carbons (Fsp3) is 0. The van der Waals surface area contributed by atoms with Crippen LogP contribution in [-0.4, -0.2) is 8.07 Å². The first kappa shape index (κ1) is 20.5. The van der Waals surface area contributed by atoms with E-state index in [1.807, 2.05) is 12.1 Å². The topological polar surface area (TPSA) is 0 Å². The molecule has 5 aromatic rings. The minimum Gasteiger partial charge on any atom is -0.0843 e. The summed E-state index contributed by atoms with van der Waals surface area (Å²) in [7, 11) is -2.76. The van der Waals surface area contributed by atoms with Crippen molar-refractivity contribution in [1.29, 1.82) is 0 Å². The second-order valence-electron chi connectivity index (χ2n) is 8.41. The highest BCUT2D eigenvalue weighted by molar-refractivity contribution is 7.21. The molecule has 0 fully saturated rings. The van der Waals surface area contributed by atoms with Crippen LogP contribution < -0.4 is 20.7 Å². The van der Waals surface area contributed by atoms with E-state index in [4.69, 9.17) is 23.2 Å². The Bertz CT molecular complexity index is 1360. The first-order valence-electron chi connectivity index (χ1n) is 11.0. The normalized spacial score (nSPS) is 13.4. The van der Waals surface area contributed by atoms with Crippen LogP contribution in [0.3, 0.4) is 0 Å². The average molecular weight is 479 g/mol. The minimum absolute atomic E-state index is 0.750. The number of fused-ring (bicyclic) bond motifs is 5. The average Bonchev–Trinajstić information content (AvgIpc) is 2.96. The molecule has 0 bridgehead atoms. The van der Waals surface area contributed by atoms with Crippen LogP contribution in [0.4, 0.5) is 0 Å². The van der Waals surface area contributed by atoms with Gasteiger partial charge in [-0.05, 0) is 67.3 Å². The van der Waals surface area contributed by atoms with Gasteiger partial charge in [0.2, 0.25) is 0 Å². The third-order valence-corrected chi connectivity index (χ3v) is 12.0. The second-order valence-corrected chi connectivity index (χ2v) is 13.0. The summed E-state index contributed by atoms with van der Waals surface area (Å²) in [5.41, 5.74) is 4.94. The Morgan fingerprint density at radius 3 is 1.21 bits per heavy atom. The summed E-state index contributed by atoms with van der Waals surface area (Å²) in [6, 6.07) is 43.3. The van der Waals surface area contributed by atoms with E-state index in [2.05, 4.69) is 109 Å². The molecule has 158 valence electrons. The number of halogens is 2. The maximum absolute atomic E-state index is 6.71. The summed E-state index contributed by atoms with van der Waals surface area (Å²) < 4.78 is 0. The Hall–Kier alpha value is -3.10. The van der Waals surface area contributed by atoms with Gasteiger partial charge in [0.15, 0.2) is 8.07 Å². The highest BCUT2D eigenvalue weighted by atomic mass is 35.5. The maximum atomic E-state index is 6.71. The van der Waals surface area contributed by atoms with Crippen molar-refractivity contribution in [2.45, 2.75) is 0 Å². The van der Waals surface area contributed by atoms with E-state index in [1.54, 1.807) is 0 Å². The van der Waals surface area contributed by atoms with Crippen LogP contribution in [0.15, 0.2) is 121 Å². The monoisotopic (exact) mass is 478 g/mol. The molecule has 0 aromatic heterocycles. The predicted molar refractivity (Wildman–Crippen MR) is 145 cm³/mol. The second kappa shape index (κ2) is 8.04. The molecule has 0 amide bonds. The van der Waals surface area contributed by atoms with Gasteiger partial charge < -0.3 is 0 Å². The molecule has 0 radical (unpaired) electrons. The van der Waals surface area contributed by atoms with E-state index in [0.29, 0.717) is 0 Å². The molecule has 0 N–H and O–H groups in total. The zero-order valence-electron chi connectivity index (χ0n) is 17.8. The van der Waals surface area contributed by atoms with E-state index in [9.17, 15) is 0 Å². The zero-order chi connectivity index (χ0) is 22.4. The molecule has 1 aliphatic heterocycles. The molecule has 0 saturated carbocycles. The van der Waals surface area contributed by atoms with Crippen LogP contribution >= 0.6 is 23.2 Å². The van der Waals surface area contributed by atoms with Crippen molar-refractivity contribution in [2.24, 2.45) is 0 Å². The van der Waals surface area contributed by atoms with E-state index in [-0.39, 0.29) is 0 Å². The quantitative estimate of drug-likeness (QED) is 0.267. The van der Waals surface area contributed by atoms with Gasteiger partial charge in [-0.3, -0.25) is 0 Å². The molecule has 0 saturated heterocycles. The molecule has 1 aliphatic rings. The summed E-state index contributed by atoms with van der Waals surface area (Å²) in [5, 5.41) is 6.72. The van der Waals surface area contributed by atoms with Crippen molar-refractivity contribution in [2.75, 3.05) is 0 Å². The highest BCUT2D eigenvalue weighted by Crippen LogP contribution is 2.37. The molecule has 0 aliphatic carbocycles. The molecule has 33 heavy (non-hydrogen) atoms. The van der Waals surface area contributed by atoms with Gasteiger partial charge >= 0.3 is 0 Å². The van der Waals surface area contributed by atoms with Gasteiger partial charge in [-0.15, -0.1) is 0 Å². The van der Waals surface area contributed by atoms with Crippen LogP contribution in [0.25, 0.3) is 22.3 Å². The molecular weight excluding hydrogens is 459 g/mol. The molecule has 0 unspecified atom stereocenters. The lowest BCUT2D eigenvalue weighted by Gasteiger charge is -2.36. The SMILES string of the molecule is Clc1ccc2c(c1)[Si](c1ccccc1)(c1ccccc1)c1cc(Cl)ccc1-c1ccccc1-2. The fourth-order valence-corrected chi connectivity index (χ4v) is 11.2. The van der Waals surface area contributed by atoms with E-state index in [0.717, 1.165) is 10.0 Å². The van der Waals surface area contributed by atoms with E-state index in [1.165, 1.54) is 43.0 Å². The number of hydrogen-bond acceptors (Lipinski definition) is 0. The van der Waals surface area contributed by atoms with Crippen molar-refractivity contribution in [3.8, 4) is 22.3 Å². The molecule has 0 atom stereocenters. The zero-order valence-corrected chi connectivity index (χ0v) is 20.3. The van der Waals surface area contributed by atoms with Gasteiger partial charge in [-0.25, -0.2) is 0 Å².